The van der Waals surface area contributed by atoms with E-state index in [1.807, 2.05) is 6.92 Å². The Balaban J connectivity index is 2.25. The zero-order valence-corrected chi connectivity index (χ0v) is 16.8. The van der Waals surface area contributed by atoms with Gasteiger partial charge in [-0.15, -0.1) is 18.2 Å². The van der Waals surface area contributed by atoms with Crippen LogP contribution >= 0.6 is 11.8 Å². The number of nitrogens with zero attached hydrogens (tertiary/aromatic N) is 2. The topological polar surface area (TPSA) is 113 Å². The van der Waals surface area contributed by atoms with Crippen LogP contribution in [0.3, 0.4) is 0 Å². The van der Waals surface area contributed by atoms with E-state index in [0.717, 1.165) is 6.42 Å². The van der Waals surface area contributed by atoms with Gasteiger partial charge < -0.3 is 19.7 Å². The van der Waals surface area contributed by atoms with Crippen molar-refractivity contribution < 1.29 is 19.2 Å². The van der Waals surface area contributed by atoms with Crippen LogP contribution in [0.5, 0.6) is 5.75 Å². The van der Waals surface area contributed by atoms with Crippen molar-refractivity contribution in [3.63, 3.8) is 0 Å². The molecule has 0 spiro atoms. The van der Waals surface area contributed by atoms with Gasteiger partial charge in [-0.1, -0.05) is 24.4 Å². The number of oxime groups is 1. The molecule has 2 N–H and O–H groups in total. The average Bonchev–Trinajstić information content (AvgIpc) is 3.08. The molecule has 1 amide bonds. The Hall–Kier alpha value is -2.73. The van der Waals surface area contributed by atoms with Gasteiger partial charge in [0.1, 0.15) is 34.4 Å². The highest BCUT2D eigenvalue weighted by Gasteiger charge is 2.40. The monoisotopic (exact) mass is 405 g/mol. The zero-order chi connectivity index (χ0) is 20.7. The van der Waals surface area contributed by atoms with Gasteiger partial charge in [0, 0.05) is 11.8 Å². The van der Waals surface area contributed by atoms with Gasteiger partial charge in [0.2, 0.25) is 5.91 Å². The minimum absolute atomic E-state index is 0.0201. The van der Waals surface area contributed by atoms with Gasteiger partial charge in [-0.25, -0.2) is 4.79 Å². The lowest BCUT2D eigenvalue weighted by Gasteiger charge is -2.24. The van der Waals surface area contributed by atoms with Crippen LogP contribution < -0.4 is 15.7 Å². The Morgan fingerprint density at radius 3 is 3.00 bits per heavy atom. The number of rotatable bonds is 8. The molecule has 0 bridgehead atoms. The molecule has 2 heterocycles. The van der Waals surface area contributed by atoms with Crippen LogP contribution in [0.25, 0.3) is 0 Å². The number of terminal acetylenes is 1. The standard InChI is InChI=1S/C19H23N3O5S/c1-5-7-14(15-9-13(26-8-6-2)10-16(23)27-15)20-18(24)19(4)11-28-17(21-19)12(3)22-25/h2,9-10,14,25H,5,7-8,11H2,1,3-4H3,(H,20,24)/b22-12-/t14-,19?/m1/s1. The smallest absolute Gasteiger partial charge is 0.339 e. The van der Waals surface area contributed by atoms with Gasteiger partial charge in [-0.05, 0) is 20.3 Å². The van der Waals surface area contributed by atoms with Gasteiger partial charge in [-0.2, -0.15) is 0 Å². The van der Waals surface area contributed by atoms with E-state index in [2.05, 4.69) is 21.4 Å². The van der Waals surface area contributed by atoms with Crippen molar-refractivity contribution in [3.05, 3.63) is 28.3 Å². The summed E-state index contributed by atoms with van der Waals surface area (Å²) in [6, 6.07) is 2.24. The second-order valence-electron chi connectivity index (χ2n) is 6.49. The lowest BCUT2D eigenvalue weighted by molar-refractivity contribution is -0.125. The number of hydrogen-bond donors (Lipinski definition) is 2. The molecule has 0 aliphatic carbocycles. The number of nitrogens with one attached hydrogen (secondary N) is 1. The Morgan fingerprint density at radius 2 is 2.36 bits per heavy atom. The number of amides is 1. The fourth-order valence-electron chi connectivity index (χ4n) is 2.58. The van der Waals surface area contributed by atoms with Crippen molar-refractivity contribution >= 4 is 28.4 Å². The SMILES string of the molecule is C#CCOc1cc([C@@H](CCC)NC(=O)C2(C)CSC(/C(C)=N\O)=N2)oc(=O)c1. The Kier molecular flexibility index (Phi) is 7.29. The van der Waals surface area contributed by atoms with E-state index < -0.39 is 17.2 Å². The maximum absolute atomic E-state index is 12.9. The highest BCUT2D eigenvalue weighted by Crippen LogP contribution is 2.30. The van der Waals surface area contributed by atoms with Crippen LogP contribution in [0, 0.1) is 12.3 Å². The molecule has 2 rings (SSSR count). The molecule has 9 heteroatoms. The van der Waals surface area contributed by atoms with Crippen molar-refractivity contribution in [2.75, 3.05) is 12.4 Å². The quantitative estimate of drug-likeness (QED) is 0.297. The van der Waals surface area contributed by atoms with Crippen LogP contribution in [0.2, 0.25) is 0 Å². The summed E-state index contributed by atoms with van der Waals surface area (Å²) in [4.78, 5) is 29.2. The van der Waals surface area contributed by atoms with E-state index in [9.17, 15) is 9.59 Å². The summed E-state index contributed by atoms with van der Waals surface area (Å²) in [7, 11) is 0. The molecule has 1 aliphatic heterocycles. The number of hydrogen-bond acceptors (Lipinski definition) is 8. The molecule has 1 unspecified atom stereocenters. The minimum atomic E-state index is -1.02. The van der Waals surface area contributed by atoms with Crippen molar-refractivity contribution in [1.29, 1.82) is 0 Å². The third kappa shape index (κ3) is 5.16. The summed E-state index contributed by atoms with van der Waals surface area (Å²) in [5, 5.41) is 15.5. The minimum Gasteiger partial charge on any atom is -0.481 e. The van der Waals surface area contributed by atoms with Crippen LogP contribution in [0.15, 0.2) is 31.5 Å². The number of ether oxygens (including phenoxy) is 1. The van der Waals surface area contributed by atoms with E-state index in [-0.39, 0.29) is 18.3 Å². The molecular weight excluding hydrogens is 382 g/mol. The Bertz CT molecular complexity index is 886. The number of thioether (sulfide) groups is 1. The van der Waals surface area contributed by atoms with Crippen LogP contribution in [0.4, 0.5) is 0 Å². The maximum Gasteiger partial charge on any atom is 0.339 e. The molecule has 1 aromatic rings. The third-order valence-electron chi connectivity index (χ3n) is 4.10. The predicted octanol–water partition coefficient (Wildman–Crippen LogP) is 2.36. The highest BCUT2D eigenvalue weighted by atomic mass is 32.2. The molecule has 28 heavy (non-hydrogen) atoms. The summed E-state index contributed by atoms with van der Waals surface area (Å²) in [5.41, 5.74) is -1.25. The lowest BCUT2D eigenvalue weighted by atomic mass is 10.0. The summed E-state index contributed by atoms with van der Waals surface area (Å²) in [6.07, 6.45) is 6.49. The lowest BCUT2D eigenvalue weighted by Crippen LogP contribution is -2.45. The fraction of sp³-hybridized carbons (Fsp3) is 0.474. The predicted molar refractivity (Wildman–Crippen MR) is 108 cm³/mol. The molecular formula is C19H23N3O5S. The number of aliphatic imine (C=N–C) groups is 1. The summed E-state index contributed by atoms with van der Waals surface area (Å²) in [5.74, 6) is 3.02. The van der Waals surface area contributed by atoms with Gasteiger partial charge >= 0.3 is 5.63 Å². The van der Waals surface area contributed by atoms with Gasteiger partial charge in [-0.3, -0.25) is 9.79 Å². The first kappa shape index (κ1) is 21.6. The van der Waals surface area contributed by atoms with E-state index in [4.69, 9.17) is 20.8 Å². The van der Waals surface area contributed by atoms with E-state index in [1.54, 1.807) is 19.9 Å². The Morgan fingerprint density at radius 1 is 1.61 bits per heavy atom. The molecule has 2 atom stereocenters. The Labute approximate surface area is 167 Å². The second-order valence-corrected chi connectivity index (χ2v) is 7.45. The van der Waals surface area contributed by atoms with E-state index in [0.29, 0.717) is 28.7 Å². The first-order valence-electron chi connectivity index (χ1n) is 8.77. The van der Waals surface area contributed by atoms with Crippen molar-refractivity contribution in [1.82, 2.24) is 5.32 Å². The number of carbonyl (C=O) groups excluding carboxylic acids is 1. The molecule has 0 aromatic carbocycles. The van der Waals surface area contributed by atoms with Crippen molar-refractivity contribution in [3.8, 4) is 18.1 Å². The van der Waals surface area contributed by atoms with Gasteiger partial charge in [0.15, 0.2) is 0 Å². The molecule has 1 aliphatic rings. The molecule has 8 nitrogen and oxygen atoms in total. The first-order valence-corrected chi connectivity index (χ1v) is 9.75. The number of carbonyl (C=O) groups is 1. The van der Waals surface area contributed by atoms with E-state index >= 15 is 0 Å². The van der Waals surface area contributed by atoms with Gasteiger partial charge in [0.25, 0.3) is 0 Å². The fourth-order valence-corrected chi connectivity index (χ4v) is 3.71. The molecule has 0 saturated carbocycles. The zero-order valence-electron chi connectivity index (χ0n) is 16.0. The second kappa shape index (κ2) is 9.46. The van der Waals surface area contributed by atoms with Crippen molar-refractivity contribution in [2.45, 2.75) is 45.2 Å². The van der Waals surface area contributed by atoms with Crippen LogP contribution in [-0.2, 0) is 4.79 Å². The summed E-state index contributed by atoms with van der Waals surface area (Å²) in [6.45, 7) is 5.30. The summed E-state index contributed by atoms with van der Waals surface area (Å²) >= 11 is 1.35. The van der Waals surface area contributed by atoms with Crippen LogP contribution in [-0.4, -0.2) is 39.8 Å². The molecule has 0 fully saturated rings. The highest BCUT2D eigenvalue weighted by molar-refractivity contribution is 8.16. The molecule has 1 aromatic heterocycles. The normalized spacial score (nSPS) is 20.2. The maximum atomic E-state index is 12.9. The largest absolute Gasteiger partial charge is 0.481 e. The molecule has 150 valence electrons. The first-order chi connectivity index (χ1) is 13.3. The van der Waals surface area contributed by atoms with Gasteiger partial charge in [0.05, 0.1) is 12.1 Å². The van der Waals surface area contributed by atoms with Crippen molar-refractivity contribution in [2.24, 2.45) is 10.1 Å². The van der Waals surface area contributed by atoms with E-state index in [1.165, 1.54) is 17.8 Å². The average molecular weight is 405 g/mol. The molecule has 0 saturated heterocycles. The molecule has 0 radical (unpaired) electrons. The summed E-state index contributed by atoms with van der Waals surface area (Å²) < 4.78 is 10.6. The van der Waals surface area contributed by atoms with Crippen LogP contribution in [0.1, 0.15) is 45.4 Å². The third-order valence-corrected chi connectivity index (χ3v) is 5.46.